The molecule has 0 unspecified atom stereocenters. The quantitative estimate of drug-likeness (QED) is 0.381. The molecule has 0 aromatic carbocycles. The molecule has 0 amide bonds. The Morgan fingerprint density at radius 3 is 0.133 bits per heavy atom. The van der Waals surface area contributed by atoms with Gasteiger partial charge in [0.15, 0.2) is 0 Å². The Balaban J connectivity index is -0.0000000554. The van der Waals surface area contributed by atoms with Gasteiger partial charge in [-0.3, -0.25) is 0 Å². The molecule has 162 valence electrons. The van der Waals surface area contributed by atoms with Crippen LogP contribution in [0.15, 0.2) is 0 Å². The summed E-state index contributed by atoms with van der Waals surface area (Å²) in [6.45, 7) is 0. The molecule has 0 heterocycles. The molecule has 0 aromatic heterocycles. The summed E-state index contributed by atoms with van der Waals surface area (Å²) in [4.78, 5) is 0. The second-order valence-electron chi connectivity index (χ2n) is 8.49. The van der Waals surface area contributed by atoms with E-state index in [9.17, 15) is 0 Å². The van der Waals surface area contributed by atoms with Crippen LogP contribution in [-0.2, 0) is 0 Å². The predicted octanol–water partition coefficient (Wildman–Crippen LogP) is 7.08. The molecule has 18 radical (unpaired) electrons. The molecular formula is C24H48B6. The van der Waals surface area contributed by atoms with Crippen LogP contribution < -0.4 is 0 Å². The van der Waals surface area contributed by atoms with E-state index < -0.39 is 0 Å². The zero-order chi connectivity index (χ0) is 17.0. The first-order valence-corrected chi connectivity index (χ1v) is 12.0. The van der Waals surface area contributed by atoms with Crippen LogP contribution >= 0.6 is 0 Å². The second-order valence-corrected chi connectivity index (χ2v) is 8.49. The van der Waals surface area contributed by atoms with Crippen LogP contribution in [0, 0.1) is 0 Å². The summed E-state index contributed by atoms with van der Waals surface area (Å²) in [5, 5.41) is 0. The lowest BCUT2D eigenvalue weighted by atomic mass is 10.0. The monoisotopic (exact) mass is 402 g/mol. The van der Waals surface area contributed by atoms with Crippen molar-refractivity contribution in [2.24, 2.45) is 0 Å². The summed E-state index contributed by atoms with van der Waals surface area (Å²) in [6, 6.07) is 0. The summed E-state index contributed by atoms with van der Waals surface area (Å²) < 4.78 is 0. The van der Waals surface area contributed by atoms with Crippen LogP contribution in [0.1, 0.15) is 154 Å². The number of hydrogen-bond donors (Lipinski definition) is 0. The Morgan fingerprint density at radius 2 is 0.133 bits per heavy atom. The first-order chi connectivity index (χ1) is 12.0. The molecular weight excluding hydrogens is 353 g/mol. The molecule has 0 spiro atoms. The fraction of sp³-hybridized carbons (Fsp3) is 1.00. The highest BCUT2D eigenvalue weighted by Crippen LogP contribution is 2.17. The van der Waals surface area contributed by atoms with Crippen LogP contribution in [0.5, 0.6) is 0 Å². The minimum absolute atomic E-state index is 0. The average molecular weight is 402 g/mol. The Labute approximate surface area is 204 Å². The highest BCUT2D eigenvalue weighted by molar-refractivity contribution is 5.76. The third kappa shape index (κ3) is 35.8. The van der Waals surface area contributed by atoms with Crippen molar-refractivity contribution in [1.82, 2.24) is 0 Å². The van der Waals surface area contributed by atoms with Crippen LogP contribution in [0.2, 0.25) is 0 Å². The van der Waals surface area contributed by atoms with Crippen LogP contribution in [0.3, 0.4) is 0 Å². The highest BCUT2D eigenvalue weighted by atomic mass is 14.0. The van der Waals surface area contributed by atoms with Gasteiger partial charge in [-0.25, -0.2) is 0 Å². The molecule has 6 heteroatoms. The summed E-state index contributed by atoms with van der Waals surface area (Å²) in [7, 11) is 0. The largest absolute Gasteiger partial charge is 0.0533 e. The maximum Gasteiger partial charge on any atom is 0 e. The fourth-order valence-electron chi connectivity index (χ4n) is 1.50. The maximum atomic E-state index is 1.50. The Bertz CT molecular complexity index is 132. The van der Waals surface area contributed by atoms with Gasteiger partial charge in [0.05, 0.1) is 0 Å². The molecule has 6 rings (SSSR count). The zero-order valence-corrected chi connectivity index (χ0v) is 20.4. The Hall–Kier alpha value is 0.390. The van der Waals surface area contributed by atoms with E-state index in [-0.39, 0.29) is 50.5 Å². The van der Waals surface area contributed by atoms with Crippen LogP contribution in [0.4, 0.5) is 0 Å². The van der Waals surface area contributed by atoms with E-state index >= 15 is 0 Å². The lowest BCUT2D eigenvalue weighted by Gasteiger charge is -2.05. The standard InChI is InChI=1S/6C4H8.6B/c6*1-2-4-3-1;;;;;;/h6*1-4H2;;;;;;. The van der Waals surface area contributed by atoms with Crippen molar-refractivity contribution < 1.29 is 0 Å². The van der Waals surface area contributed by atoms with Gasteiger partial charge in [-0.2, -0.15) is 0 Å². The van der Waals surface area contributed by atoms with Crippen molar-refractivity contribution in [2.45, 2.75) is 154 Å². The minimum atomic E-state index is 0. The van der Waals surface area contributed by atoms with Crippen molar-refractivity contribution >= 4 is 50.5 Å². The van der Waals surface area contributed by atoms with Crippen molar-refractivity contribution in [3.8, 4) is 0 Å². The zero-order valence-electron chi connectivity index (χ0n) is 20.4. The molecule has 0 atom stereocenters. The van der Waals surface area contributed by atoms with E-state index in [0.29, 0.717) is 0 Å². The topological polar surface area (TPSA) is 0 Å². The van der Waals surface area contributed by atoms with E-state index in [1.807, 2.05) is 0 Å². The Kier molecular flexibility index (Phi) is 58.6. The van der Waals surface area contributed by atoms with E-state index in [1.54, 1.807) is 0 Å². The lowest BCUT2D eigenvalue weighted by molar-refractivity contribution is 0.504. The Morgan fingerprint density at radius 1 is 0.100 bits per heavy atom. The van der Waals surface area contributed by atoms with Gasteiger partial charge in [-0.15, -0.1) is 0 Å². The predicted molar refractivity (Wildman–Crippen MR) is 145 cm³/mol. The first kappa shape index (κ1) is 44.1. The smallest absolute Gasteiger partial charge is 0 e. The molecule has 0 N–H and O–H groups in total. The average Bonchev–Trinajstić information content (AvgIpc) is 1.94. The van der Waals surface area contributed by atoms with Gasteiger partial charge in [-0.05, 0) is 0 Å². The van der Waals surface area contributed by atoms with Gasteiger partial charge >= 0.3 is 0 Å². The van der Waals surface area contributed by atoms with Gasteiger partial charge in [0.25, 0.3) is 0 Å². The number of rotatable bonds is 0. The lowest BCUT2D eigenvalue weighted by Crippen LogP contribution is -1.85. The van der Waals surface area contributed by atoms with E-state index in [0.717, 1.165) is 0 Å². The van der Waals surface area contributed by atoms with Crippen molar-refractivity contribution in [2.75, 3.05) is 0 Å². The molecule has 0 saturated heterocycles. The molecule has 0 aromatic rings. The second kappa shape index (κ2) is 39.8. The van der Waals surface area contributed by atoms with Crippen LogP contribution in [-0.4, -0.2) is 50.5 Å². The summed E-state index contributed by atoms with van der Waals surface area (Å²) in [5.74, 6) is 0. The van der Waals surface area contributed by atoms with Crippen LogP contribution in [0.25, 0.3) is 0 Å². The third-order valence-electron chi connectivity index (χ3n) is 6.00. The van der Waals surface area contributed by atoms with E-state index in [1.165, 1.54) is 154 Å². The molecule has 0 nitrogen and oxygen atoms in total. The summed E-state index contributed by atoms with van der Waals surface area (Å²) in [5.41, 5.74) is 0. The minimum Gasteiger partial charge on any atom is -0.0533 e. The number of hydrogen-bond acceptors (Lipinski definition) is 0. The molecule has 6 aliphatic carbocycles. The molecule has 30 heavy (non-hydrogen) atoms. The van der Waals surface area contributed by atoms with Gasteiger partial charge in [0.2, 0.25) is 0 Å². The van der Waals surface area contributed by atoms with Crippen molar-refractivity contribution in [1.29, 1.82) is 0 Å². The van der Waals surface area contributed by atoms with Crippen molar-refractivity contribution in [3.05, 3.63) is 0 Å². The normalized spacial score (nSPS) is 19.2. The van der Waals surface area contributed by atoms with Gasteiger partial charge < -0.3 is 0 Å². The molecule has 6 saturated carbocycles. The van der Waals surface area contributed by atoms with E-state index in [4.69, 9.17) is 0 Å². The van der Waals surface area contributed by atoms with Gasteiger partial charge in [0, 0.05) is 50.5 Å². The van der Waals surface area contributed by atoms with E-state index in [2.05, 4.69) is 0 Å². The molecule has 6 fully saturated rings. The summed E-state index contributed by atoms with van der Waals surface area (Å²) >= 11 is 0. The maximum absolute atomic E-state index is 1.50. The molecule has 0 bridgehead atoms. The fourth-order valence-corrected chi connectivity index (χ4v) is 1.50. The van der Waals surface area contributed by atoms with Crippen molar-refractivity contribution in [3.63, 3.8) is 0 Å². The summed E-state index contributed by atoms with van der Waals surface area (Å²) in [6.07, 6.45) is 36.0. The first-order valence-electron chi connectivity index (χ1n) is 12.0. The SMILES string of the molecule is C1CCC1.C1CCC1.C1CCC1.C1CCC1.C1CCC1.C1CCC1.[B].[B].[B].[B].[B].[B]. The highest BCUT2D eigenvalue weighted by Gasteiger charge is 1.97. The third-order valence-corrected chi connectivity index (χ3v) is 6.00. The van der Waals surface area contributed by atoms with Gasteiger partial charge in [0.1, 0.15) is 0 Å². The van der Waals surface area contributed by atoms with Gasteiger partial charge in [-0.1, -0.05) is 154 Å². The molecule has 6 aliphatic rings. The molecule has 0 aliphatic heterocycles.